The molecule has 1 aliphatic rings. The minimum absolute atomic E-state index is 0.190. The van der Waals surface area contributed by atoms with Crippen molar-refractivity contribution < 1.29 is 14.3 Å². The fraction of sp³-hybridized carbons (Fsp3) is 0.400. The number of aromatic nitrogens is 2. The van der Waals surface area contributed by atoms with Gasteiger partial charge >= 0.3 is 0 Å². The number of ether oxygens (including phenoxy) is 1. The number of rotatable bonds is 11. The van der Waals surface area contributed by atoms with E-state index in [1.54, 1.807) is 36.9 Å². The van der Waals surface area contributed by atoms with Gasteiger partial charge in [0.05, 0.1) is 18.0 Å². The maximum atomic E-state index is 13.0. The molecule has 1 N–H and O–H groups in total. The normalized spacial score (nSPS) is 14.8. The number of pyridine rings is 2. The maximum Gasteiger partial charge on any atom is 0.242 e. The number of hydrogen-bond acceptors (Lipinski definition) is 6. The first-order chi connectivity index (χ1) is 18.3. The summed E-state index contributed by atoms with van der Waals surface area (Å²) in [6, 6.07) is 13.8. The summed E-state index contributed by atoms with van der Waals surface area (Å²) in [6.07, 6.45) is 8.20. The molecule has 8 nitrogen and oxygen atoms in total. The van der Waals surface area contributed by atoms with Crippen LogP contribution in [0.5, 0.6) is 5.75 Å². The number of carbonyl (C=O) groups is 2. The van der Waals surface area contributed by atoms with E-state index in [4.69, 9.17) is 4.74 Å². The highest BCUT2D eigenvalue weighted by Gasteiger charge is 2.45. The second kappa shape index (κ2) is 12.2. The van der Waals surface area contributed by atoms with Crippen LogP contribution in [0.25, 0.3) is 0 Å². The predicted molar refractivity (Wildman–Crippen MR) is 149 cm³/mol. The molecule has 0 radical (unpaired) electrons. The van der Waals surface area contributed by atoms with Gasteiger partial charge in [-0.3, -0.25) is 19.6 Å². The highest BCUT2D eigenvalue weighted by molar-refractivity contribution is 6.20. The third kappa shape index (κ3) is 6.19. The molecule has 3 heterocycles. The van der Waals surface area contributed by atoms with Crippen molar-refractivity contribution >= 4 is 23.2 Å². The van der Waals surface area contributed by atoms with Gasteiger partial charge in [0.15, 0.2) is 0 Å². The SMILES string of the molecule is CCN1C(=O)C(C)(C)C(=O)N(C)c2cc(OCCCNCc3ccnc(CCc4cccnc4)c3)ccc21. The van der Waals surface area contributed by atoms with Crippen molar-refractivity contribution in [2.45, 2.75) is 46.6 Å². The average Bonchev–Trinajstić information content (AvgIpc) is 2.98. The lowest BCUT2D eigenvalue weighted by Gasteiger charge is -2.27. The van der Waals surface area contributed by atoms with Gasteiger partial charge in [-0.2, -0.15) is 0 Å². The van der Waals surface area contributed by atoms with Crippen molar-refractivity contribution in [1.82, 2.24) is 15.3 Å². The monoisotopic (exact) mass is 515 g/mol. The number of benzene rings is 1. The molecule has 0 bridgehead atoms. The van der Waals surface area contributed by atoms with Gasteiger partial charge in [-0.1, -0.05) is 6.07 Å². The fourth-order valence-corrected chi connectivity index (χ4v) is 4.68. The zero-order chi connectivity index (χ0) is 27.1. The van der Waals surface area contributed by atoms with E-state index >= 15 is 0 Å². The van der Waals surface area contributed by atoms with Crippen LogP contribution in [0.2, 0.25) is 0 Å². The van der Waals surface area contributed by atoms with Gasteiger partial charge in [0.25, 0.3) is 0 Å². The molecule has 200 valence electrons. The van der Waals surface area contributed by atoms with Crippen LogP contribution in [0.1, 0.15) is 44.0 Å². The molecule has 0 atom stereocenters. The van der Waals surface area contributed by atoms with E-state index in [0.29, 0.717) is 24.6 Å². The Morgan fingerprint density at radius 3 is 2.58 bits per heavy atom. The van der Waals surface area contributed by atoms with E-state index in [9.17, 15) is 9.59 Å². The summed E-state index contributed by atoms with van der Waals surface area (Å²) < 4.78 is 5.99. The van der Waals surface area contributed by atoms with Crippen LogP contribution in [0.4, 0.5) is 11.4 Å². The summed E-state index contributed by atoms with van der Waals surface area (Å²) in [5, 5.41) is 3.47. The van der Waals surface area contributed by atoms with E-state index in [1.807, 2.05) is 49.6 Å². The number of fused-ring (bicyclic) bond motifs is 1. The highest BCUT2D eigenvalue weighted by atomic mass is 16.5. The maximum absolute atomic E-state index is 13.0. The number of nitrogens with zero attached hydrogens (tertiary/aromatic N) is 4. The first kappa shape index (κ1) is 27.3. The smallest absolute Gasteiger partial charge is 0.242 e. The second-order valence-corrected chi connectivity index (χ2v) is 10.1. The van der Waals surface area contributed by atoms with E-state index in [1.165, 1.54) is 11.1 Å². The minimum Gasteiger partial charge on any atom is -0.493 e. The summed E-state index contributed by atoms with van der Waals surface area (Å²) in [6.45, 7) is 7.89. The third-order valence-electron chi connectivity index (χ3n) is 6.90. The molecule has 0 spiro atoms. The molecule has 2 amide bonds. The summed E-state index contributed by atoms with van der Waals surface area (Å²) in [4.78, 5) is 37.9. The Hall–Kier alpha value is -3.78. The van der Waals surface area contributed by atoms with Gasteiger partial charge in [-0.15, -0.1) is 0 Å². The van der Waals surface area contributed by atoms with Crippen LogP contribution in [0.15, 0.2) is 61.1 Å². The van der Waals surface area contributed by atoms with Gasteiger partial charge in [0.1, 0.15) is 11.2 Å². The molecule has 4 rings (SSSR count). The molecule has 8 heteroatoms. The van der Waals surface area contributed by atoms with Crippen molar-refractivity contribution in [1.29, 1.82) is 0 Å². The van der Waals surface area contributed by atoms with Crippen molar-refractivity contribution in [3.8, 4) is 5.75 Å². The van der Waals surface area contributed by atoms with Gasteiger partial charge in [0, 0.05) is 50.5 Å². The molecule has 0 fully saturated rings. The Bertz CT molecular complexity index is 1260. The van der Waals surface area contributed by atoms with Crippen molar-refractivity contribution in [3.05, 3.63) is 77.9 Å². The summed E-state index contributed by atoms with van der Waals surface area (Å²) in [5.41, 5.74) is 3.79. The van der Waals surface area contributed by atoms with Crippen LogP contribution in [0.3, 0.4) is 0 Å². The fourth-order valence-electron chi connectivity index (χ4n) is 4.68. The van der Waals surface area contributed by atoms with Crippen LogP contribution < -0.4 is 19.9 Å². The zero-order valence-corrected chi connectivity index (χ0v) is 22.7. The van der Waals surface area contributed by atoms with Crippen molar-refractivity contribution in [2.24, 2.45) is 5.41 Å². The molecular formula is C30H37N5O3. The lowest BCUT2D eigenvalue weighted by molar-refractivity contribution is -0.137. The Balaban J connectivity index is 1.26. The molecule has 38 heavy (non-hydrogen) atoms. The first-order valence-electron chi connectivity index (χ1n) is 13.2. The largest absolute Gasteiger partial charge is 0.493 e. The van der Waals surface area contributed by atoms with Gasteiger partial charge < -0.3 is 19.9 Å². The summed E-state index contributed by atoms with van der Waals surface area (Å²) in [7, 11) is 1.71. The molecule has 0 aliphatic carbocycles. The van der Waals surface area contributed by atoms with E-state index in [2.05, 4.69) is 27.4 Å². The first-order valence-corrected chi connectivity index (χ1v) is 13.2. The molecule has 0 saturated carbocycles. The Morgan fingerprint density at radius 1 is 0.974 bits per heavy atom. The quantitative estimate of drug-likeness (QED) is 0.305. The lowest BCUT2D eigenvalue weighted by atomic mass is 9.90. The Morgan fingerprint density at radius 2 is 1.82 bits per heavy atom. The van der Waals surface area contributed by atoms with Gasteiger partial charge in [-0.25, -0.2) is 0 Å². The third-order valence-corrected chi connectivity index (χ3v) is 6.90. The number of nitrogens with one attached hydrogen (secondary N) is 1. The molecule has 0 saturated heterocycles. The van der Waals surface area contributed by atoms with E-state index < -0.39 is 5.41 Å². The summed E-state index contributed by atoms with van der Waals surface area (Å²) in [5.74, 6) is 0.265. The number of aryl methyl sites for hydroxylation is 2. The van der Waals surface area contributed by atoms with E-state index in [0.717, 1.165) is 43.7 Å². The number of hydrogen-bond donors (Lipinski definition) is 1. The van der Waals surface area contributed by atoms with Gasteiger partial charge in [-0.05, 0) is 88.0 Å². The highest BCUT2D eigenvalue weighted by Crippen LogP contribution is 2.40. The lowest BCUT2D eigenvalue weighted by Crippen LogP contribution is -2.47. The Kier molecular flexibility index (Phi) is 8.73. The number of anilines is 2. The predicted octanol–water partition coefficient (Wildman–Crippen LogP) is 4.18. The van der Waals surface area contributed by atoms with Crippen LogP contribution in [0, 0.1) is 5.41 Å². The van der Waals surface area contributed by atoms with Crippen LogP contribution in [-0.2, 0) is 29.0 Å². The zero-order valence-electron chi connectivity index (χ0n) is 22.7. The number of amides is 2. The Labute approximate surface area is 225 Å². The second-order valence-electron chi connectivity index (χ2n) is 10.1. The standard InChI is InChI=1S/C30H37N5O3/c1-5-35-26-12-11-25(19-27(26)34(4)28(36)30(2,3)29(35)37)38-17-7-15-32-21-23-13-16-33-24(18-23)10-9-22-8-6-14-31-20-22/h6,8,11-14,16,18-20,32H,5,7,9-10,15,17,21H2,1-4H3. The van der Waals surface area contributed by atoms with Crippen molar-refractivity contribution in [2.75, 3.05) is 36.5 Å². The molecule has 3 aromatic rings. The average molecular weight is 516 g/mol. The topological polar surface area (TPSA) is 87.7 Å². The molecular weight excluding hydrogens is 478 g/mol. The summed E-state index contributed by atoms with van der Waals surface area (Å²) >= 11 is 0. The molecule has 1 aromatic carbocycles. The molecule has 1 aliphatic heterocycles. The van der Waals surface area contributed by atoms with E-state index in [-0.39, 0.29) is 11.8 Å². The molecule has 2 aromatic heterocycles. The van der Waals surface area contributed by atoms with Crippen molar-refractivity contribution in [3.63, 3.8) is 0 Å². The number of carbonyl (C=O) groups excluding carboxylic acids is 2. The van der Waals surface area contributed by atoms with Crippen LogP contribution in [-0.4, -0.2) is 48.5 Å². The molecule has 0 unspecified atom stereocenters. The van der Waals surface area contributed by atoms with Crippen LogP contribution >= 0.6 is 0 Å². The minimum atomic E-state index is -1.12. The van der Waals surface area contributed by atoms with Gasteiger partial charge in [0.2, 0.25) is 11.8 Å².